The van der Waals surface area contributed by atoms with Crippen LogP contribution in [0.2, 0.25) is 0 Å². The highest BCUT2D eigenvalue weighted by Gasteiger charge is 2.16. The summed E-state index contributed by atoms with van der Waals surface area (Å²) < 4.78 is 7.06. The lowest BCUT2D eigenvalue weighted by Gasteiger charge is -2.20. The summed E-state index contributed by atoms with van der Waals surface area (Å²) in [6.07, 6.45) is 4.95. The van der Waals surface area contributed by atoms with Crippen molar-refractivity contribution in [2.24, 2.45) is 5.92 Å². The summed E-state index contributed by atoms with van der Waals surface area (Å²) in [6.45, 7) is 1.75. The highest BCUT2D eigenvalue weighted by molar-refractivity contribution is 5.46. The number of ether oxygens (including phenoxy) is 1. The lowest BCUT2D eigenvalue weighted by atomic mass is 9.95. The molecule has 90 valence electrons. The molecule has 1 saturated heterocycles. The van der Waals surface area contributed by atoms with E-state index in [-0.39, 0.29) is 0 Å². The van der Waals surface area contributed by atoms with Crippen LogP contribution in [-0.4, -0.2) is 27.8 Å². The predicted molar refractivity (Wildman–Crippen MR) is 64.6 cm³/mol. The number of fused-ring (bicyclic) bond motifs is 1. The molecule has 0 saturated carbocycles. The Labute approximate surface area is 99.6 Å². The lowest BCUT2D eigenvalue weighted by molar-refractivity contribution is 0.0662. The number of rotatable bonds is 2. The highest BCUT2D eigenvalue weighted by atomic mass is 16.5. The summed E-state index contributed by atoms with van der Waals surface area (Å²) in [5, 5.41) is 4.49. The van der Waals surface area contributed by atoms with Crippen molar-refractivity contribution >= 4 is 11.5 Å². The molecule has 3 rings (SSSR count). The van der Waals surface area contributed by atoms with Crippen molar-refractivity contribution in [1.29, 1.82) is 0 Å². The van der Waals surface area contributed by atoms with E-state index in [1.165, 1.54) is 0 Å². The standard InChI is InChI=1S/C12H16N4O/c13-11-1-4-14-12-8-10(15-16(11)12)7-9-2-5-17-6-3-9/h1,4,8-9H,2-3,5-7,13H2. The van der Waals surface area contributed by atoms with Gasteiger partial charge in [0.05, 0.1) is 5.69 Å². The predicted octanol–water partition coefficient (Wildman–Crippen LogP) is 1.28. The maximum atomic E-state index is 5.84. The second-order valence-corrected chi connectivity index (χ2v) is 4.54. The molecular formula is C12H16N4O. The molecule has 2 aromatic heterocycles. The van der Waals surface area contributed by atoms with E-state index in [2.05, 4.69) is 10.1 Å². The molecule has 1 aliphatic heterocycles. The van der Waals surface area contributed by atoms with Crippen molar-refractivity contribution < 1.29 is 4.74 Å². The molecule has 5 nitrogen and oxygen atoms in total. The molecule has 0 spiro atoms. The first kappa shape index (κ1) is 10.5. The zero-order chi connectivity index (χ0) is 11.7. The molecule has 17 heavy (non-hydrogen) atoms. The minimum atomic E-state index is 0.633. The molecule has 1 fully saturated rings. The Morgan fingerprint density at radius 1 is 1.41 bits per heavy atom. The maximum absolute atomic E-state index is 5.84. The molecule has 2 aromatic rings. The van der Waals surface area contributed by atoms with Gasteiger partial charge in [-0.25, -0.2) is 4.98 Å². The summed E-state index contributed by atoms with van der Waals surface area (Å²) in [7, 11) is 0. The van der Waals surface area contributed by atoms with Crippen LogP contribution in [0.25, 0.3) is 5.65 Å². The average Bonchev–Trinajstić information content (AvgIpc) is 2.74. The largest absolute Gasteiger partial charge is 0.384 e. The van der Waals surface area contributed by atoms with Gasteiger partial charge in [-0.3, -0.25) is 0 Å². The van der Waals surface area contributed by atoms with E-state index in [9.17, 15) is 0 Å². The van der Waals surface area contributed by atoms with Crippen molar-refractivity contribution in [2.45, 2.75) is 19.3 Å². The molecule has 1 aliphatic rings. The number of nitrogen functional groups attached to an aromatic ring is 1. The monoisotopic (exact) mass is 232 g/mol. The summed E-state index contributed by atoms with van der Waals surface area (Å²) in [5.74, 6) is 1.31. The average molecular weight is 232 g/mol. The Morgan fingerprint density at radius 2 is 2.24 bits per heavy atom. The third-order valence-electron chi connectivity index (χ3n) is 3.28. The second-order valence-electron chi connectivity index (χ2n) is 4.54. The maximum Gasteiger partial charge on any atom is 0.157 e. The third-order valence-corrected chi connectivity index (χ3v) is 3.28. The zero-order valence-corrected chi connectivity index (χ0v) is 9.67. The number of hydrogen-bond donors (Lipinski definition) is 1. The van der Waals surface area contributed by atoms with Gasteiger partial charge >= 0.3 is 0 Å². The lowest BCUT2D eigenvalue weighted by Crippen LogP contribution is -2.17. The van der Waals surface area contributed by atoms with Crippen LogP contribution in [0.4, 0.5) is 5.82 Å². The molecule has 2 N–H and O–H groups in total. The normalized spacial score (nSPS) is 17.6. The van der Waals surface area contributed by atoms with Gasteiger partial charge in [0.2, 0.25) is 0 Å². The Balaban J connectivity index is 1.83. The van der Waals surface area contributed by atoms with Crippen LogP contribution in [0.5, 0.6) is 0 Å². The van der Waals surface area contributed by atoms with Gasteiger partial charge in [0.25, 0.3) is 0 Å². The van der Waals surface area contributed by atoms with Crippen LogP contribution in [0.15, 0.2) is 18.3 Å². The van der Waals surface area contributed by atoms with Crippen LogP contribution < -0.4 is 5.73 Å². The van der Waals surface area contributed by atoms with Crippen LogP contribution in [0.1, 0.15) is 18.5 Å². The first-order valence-electron chi connectivity index (χ1n) is 6.00. The smallest absolute Gasteiger partial charge is 0.157 e. The van der Waals surface area contributed by atoms with E-state index in [4.69, 9.17) is 10.5 Å². The first-order chi connectivity index (χ1) is 8.33. The topological polar surface area (TPSA) is 65.4 Å². The van der Waals surface area contributed by atoms with Crippen LogP contribution in [0, 0.1) is 5.92 Å². The van der Waals surface area contributed by atoms with E-state index >= 15 is 0 Å². The molecule has 0 aromatic carbocycles. The highest BCUT2D eigenvalue weighted by Crippen LogP contribution is 2.20. The van der Waals surface area contributed by atoms with E-state index in [0.29, 0.717) is 11.7 Å². The van der Waals surface area contributed by atoms with Crippen molar-refractivity contribution in [3.05, 3.63) is 24.0 Å². The third kappa shape index (κ3) is 2.10. The first-order valence-corrected chi connectivity index (χ1v) is 6.00. The van der Waals surface area contributed by atoms with Gasteiger partial charge in [-0.1, -0.05) is 0 Å². The van der Waals surface area contributed by atoms with Gasteiger partial charge in [0.15, 0.2) is 5.65 Å². The zero-order valence-electron chi connectivity index (χ0n) is 9.67. The second kappa shape index (κ2) is 4.33. The van der Waals surface area contributed by atoms with Crippen molar-refractivity contribution in [3.63, 3.8) is 0 Å². The quantitative estimate of drug-likeness (QED) is 0.847. The molecular weight excluding hydrogens is 216 g/mol. The number of hydrogen-bond acceptors (Lipinski definition) is 4. The van der Waals surface area contributed by atoms with Gasteiger partial charge in [-0.2, -0.15) is 9.61 Å². The SMILES string of the molecule is Nc1ccnc2cc(CC3CCOCC3)nn12. The van der Waals surface area contributed by atoms with E-state index < -0.39 is 0 Å². The number of nitrogens with zero attached hydrogens (tertiary/aromatic N) is 3. The molecule has 0 radical (unpaired) electrons. The van der Waals surface area contributed by atoms with Crippen molar-refractivity contribution in [3.8, 4) is 0 Å². The van der Waals surface area contributed by atoms with Crippen LogP contribution >= 0.6 is 0 Å². The Hall–Kier alpha value is -1.62. The van der Waals surface area contributed by atoms with Crippen molar-refractivity contribution in [2.75, 3.05) is 18.9 Å². The fourth-order valence-electron chi connectivity index (χ4n) is 2.31. The van der Waals surface area contributed by atoms with E-state index in [1.54, 1.807) is 16.8 Å². The van der Waals surface area contributed by atoms with E-state index in [0.717, 1.165) is 43.8 Å². The van der Waals surface area contributed by atoms with Gasteiger partial charge < -0.3 is 10.5 Å². The fraction of sp³-hybridized carbons (Fsp3) is 0.500. The van der Waals surface area contributed by atoms with Crippen LogP contribution in [0.3, 0.4) is 0 Å². The van der Waals surface area contributed by atoms with Crippen LogP contribution in [-0.2, 0) is 11.2 Å². The Morgan fingerprint density at radius 3 is 3.00 bits per heavy atom. The Bertz CT molecular complexity index is 516. The molecule has 5 heteroatoms. The molecule has 0 atom stereocenters. The summed E-state index contributed by atoms with van der Waals surface area (Å²) in [6, 6.07) is 3.78. The van der Waals surface area contributed by atoms with E-state index in [1.807, 2.05) is 6.07 Å². The molecule has 0 amide bonds. The molecule has 0 aliphatic carbocycles. The van der Waals surface area contributed by atoms with Gasteiger partial charge in [-0.05, 0) is 31.2 Å². The van der Waals surface area contributed by atoms with Crippen molar-refractivity contribution in [1.82, 2.24) is 14.6 Å². The minimum absolute atomic E-state index is 0.633. The molecule has 3 heterocycles. The Kier molecular flexibility index (Phi) is 2.68. The molecule has 0 bridgehead atoms. The summed E-state index contributed by atoms with van der Waals surface area (Å²) in [5.41, 5.74) is 7.74. The molecule has 0 unspecified atom stereocenters. The van der Waals surface area contributed by atoms with Gasteiger partial charge in [0, 0.05) is 25.5 Å². The fourth-order valence-corrected chi connectivity index (χ4v) is 2.31. The summed E-state index contributed by atoms with van der Waals surface area (Å²) >= 11 is 0. The van der Waals surface area contributed by atoms with Gasteiger partial charge in [0.1, 0.15) is 5.82 Å². The number of aromatic nitrogens is 3. The summed E-state index contributed by atoms with van der Waals surface area (Å²) in [4.78, 5) is 4.25. The minimum Gasteiger partial charge on any atom is -0.384 e. The van der Waals surface area contributed by atoms with Gasteiger partial charge in [-0.15, -0.1) is 0 Å². The number of nitrogens with two attached hydrogens (primary N) is 1. The number of anilines is 1.